The van der Waals surface area contributed by atoms with Crippen LogP contribution in [0.15, 0.2) is 11.4 Å². The Balaban J connectivity index is 2.31. The fourth-order valence-electron chi connectivity index (χ4n) is 1.79. The smallest absolute Gasteiger partial charge is 0.328 e. The maximum absolute atomic E-state index is 12.4. The number of aliphatic carboxylic acids is 1. The Labute approximate surface area is 124 Å². The standard InChI is InChI=1S/C11H12ClN3O4S/c1-20-11-13-4-6(12)8(14-11)9(16)15-2-3-19-5-7(15)10(17)18/h4,7H,2-3,5H2,1H3,(H,17,18). The second-order valence-electron chi connectivity index (χ2n) is 3.98. The number of rotatable bonds is 3. The molecule has 0 aliphatic carbocycles. The van der Waals surface area contributed by atoms with Gasteiger partial charge in [0.15, 0.2) is 16.9 Å². The summed E-state index contributed by atoms with van der Waals surface area (Å²) in [6.07, 6.45) is 3.11. The zero-order valence-electron chi connectivity index (χ0n) is 10.6. The van der Waals surface area contributed by atoms with Gasteiger partial charge in [-0.05, 0) is 6.26 Å². The van der Waals surface area contributed by atoms with Gasteiger partial charge in [-0.1, -0.05) is 23.4 Å². The highest BCUT2D eigenvalue weighted by Crippen LogP contribution is 2.20. The van der Waals surface area contributed by atoms with Crippen molar-refractivity contribution in [2.75, 3.05) is 26.0 Å². The van der Waals surface area contributed by atoms with Crippen molar-refractivity contribution in [3.8, 4) is 0 Å². The summed E-state index contributed by atoms with van der Waals surface area (Å²) in [5.74, 6) is -1.64. The third-order valence-corrected chi connectivity index (χ3v) is 3.62. The van der Waals surface area contributed by atoms with Crippen LogP contribution in [0, 0.1) is 0 Å². The van der Waals surface area contributed by atoms with E-state index in [-0.39, 0.29) is 30.5 Å². The Morgan fingerprint density at radius 1 is 1.60 bits per heavy atom. The van der Waals surface area contributed by atoms with Gasteiger partial charge in [0.05, 0.1) is 24.4 Å². The molecule has 108 valence electrons. The van der Waals surface area contributed by atoms with E-state index in [9.17, 15) is 9.59 Å². The van der Waals surface area contributed by atoms with Gasteiger partial charge in [-0.2, -0.15) is 0 Å². The van der Waals surface area contributed by atoms with E-state index in [1.54, 1.807) is 6.26 Å². The lowest BCUT2D eigenvalue weighted by Gasteiger charge is -2.32. The topological polar surface area (TPSA) is 92.6 Å². The van der Waals surface area contributed by atoms with Crippen molar-refractivity contribution < 1.29 is 19.4 Å². The molecular weight excluding hydrogens is 306 g/mol. The van der Waals surface area contributed by atoms with Crippen LogP contribution in [-0.2, 0) is 9.53 Å². The van der Waals surface area contributed by atoms with Crippen molar-refractivity contribution in [3.05, 3.63) is 16.9 Å². The molecule has 1 aliphatic heterocycles. The second kappa shape index (κ2) is 6.38. The molecule has 9 heteroatoms. The Hall–Kier alpha value is -1.38. The van der Waals surface area contributed by atoms with E-state index in [1.807, 2.05) is 0 Å². The first kappa shape index (κ1) is 15.0. The first-order valence-electron chi connectivity index (χ1n) is 5.72. The summed E-state index contributed by atoms with van der Waals surface area (Å²) < 4.78 is 5.09. The van der Waals surface area contributed by atoms with E-state index in [2.05, 4.69) is 9.97 Å². The van der Waals surface area contributed by atoms with Crippen LogP contribution in [0.5, 0.6) is 0 Å². The summed E-state index contributed by atoms with van der Waals surface area (Å²) >= 11 is 7.20. The van der Waals surface area contributed by atoms with Crippen molar-refractivity contribution in [1.82, 2.24) is 14.9 Å². The van der Waals surface area contributed by atoms with Gasteiger partial charge in [0.25, 0.3) is 5.91 Å². The van der Waals surface area contributed by atoms with Crippen molar-refractivity contribution in [3.63, 3.8) is 0 Å². The third-order valence-electron chi connectivity index (χ3n) is 2.78. The summed E-state index contributed by atoms with van der Waals surface area (Å²) in [6, 6.07) is -1.03. The van der Waals surface area contributed by atoms with E-state index in [1.165, 1.54) is 22.9 Å². The summed E-state index contributed by atoms with van der Waals surface area (Å²) in [7, 11) is 0. The molecule has 1 aromatic rings. The van der Waals surface area contributed by atoms with Crippen LogP contribution in [0.1, 0.15) is 10.5 Å². The van der Waals surface area contributed by atoms with Crippen LogP contribution >= 0.6 is 23.4 Å². The van der Waals surface area contributed by atoms with E-state index in [0.717, 1.165) is 0 Å². The Morgan fingerprint density at radius 3 is 3.00 bits per heavy atom. The molecule has 0 aromatic carbocycles. The number of carboxylic acids is 1. The van der Waals surface area contributed by atoms with Gasteiger partial charge in [-0.3, -0.25) is 4.79 Å². The van der Waals surface area contributed by atoms with Crippen LogP contribution in [0.2, 0.25) is 5.02 Å². The molecule has 1 saturated heterocycles. The molecule has 1 N–H and O–H groups in total. The number of aromatic nitrogens is 2. The van der Waals surface area contributed by atoms with Gasteiger partial charge in [0, 0.05) is 6.54 Å². The minimum Gasteiger partial charge on any atom is -0.480 e. The highest BCUT2D eigenvalue weighted by Gasteiger charge is 2.34. The summed E-state index contributed by atoms with van der Waals surface area (Å²) in [5, 5.41) is 9.63. The molecule has 0 saturated carbocycles. The average molecular weight is 318 g/mol. The predicted octanol–water partition coefficient (Wildman–Crippen LogP) is 0.777. The van der Waals surface area contributed by atoms with Crippen molar-refractivity contribution in [2.45, 2.75) is 11.2 Å². The molecule has 1 atom stereocenters. The molecule has 2 rings (SSSR count). The zero-order valence-corrected chi connectivity index (χ0v) is 12.1. The predicted molar refractivity (Wildman–Crippen MR) is 72.1 cm³/mol. The lowest BCUT2D eigenvalue weighted by atomic mass is 10.2. The number of nitrogens with zero attached hydrogens (tertiary/aromatic N) is 3. The van der Waals surface area contributed by atoms with E-state index in [4.69, 9.17) is 21.4 Å². The Bertz CT molecular complexity index is 542. The Kier molecular flexibility index (Phi) is 4.79. The lowest BCUT2D eigenvalue weighted by Crippen LogP contribution is -2.52. The number of hydrogen-bond acceptors (Lipinski definition) is 6. The first-order chi connectivity index (χ1) is 9.54. The number of carbonyl (C=O) groups is 2. The zero-order chi connectivity index (χ0) is 14.7. The highest BCUT2D eigenvalue weighted by molar-refractivity contribution is 7.98. The minimum absolute atomic E-state index is 0.0131. The van der Waals surface area contributed by atoms with Crippen molar-refractivity contribution >= 4 is 35.2 Å². The van der Waals surface area contributed by atoms with Crippen LogP contribution in [0.4, 0.5) is 0 Å². The number of carbonyl (C=O) groups excluding carboxylic acids is 1. The van der Waals surface area contributed by atoms with Gasteiger partial charge in [-0.15, -0.1) is 0 Å². The SMILES string of the molecule is CSc1ncc(Cl)c(C(=O)N2CCOCC2C(=O)O)n1. The van der Waals surface area contributed by atoms with Crippen LogP contribution in [0.25, 0.3) is 0 Å². The molecule has 1 amide bonds. The maximum atomic E-state index is 12.4. The molecule has 1 unspecified atom stereocenters. The number of morpholine rings is 1. The fraction of sp³-hybridized carbons (Fsp3) is 0.455. The molecule has 7 nitrogen and oxygen atoms in total. The number of carboxylic acid groups (broad SMARTS) is 1. The van der Waals surface area contributed by atoms with Crippen LogP contribution in [0.3, 0.4) is 0 Å². The van der Waals surface area contributed by atoms with Crippen LogP contribution < -0.4 is 0 Å². The second-order valence-corrected chi connectivity index (χ2v) is 5.16. The van der Waals surface area contributed by atoms with E-state index in [0.29, 0.717) is 5.16 Å². The minimum atomic E-state index is -1.12. The van der Waals surface area contributed by atoms with E-state index < -0.39 is 17.9 Å². The summed E-state index contributed by atoms with van der Waals surface area (Å²) in [5.41, 5.74) is 0.0131. The molecule has 20 heavy (non-hydrogen) atoms. The number of hydrogen-bond donors (Lipinski definition) is 1. The highest BCUT2D eigenvalue weighted by atomic mass is 35.5. The van der Waals surface area contributed by atoms with Crippen molar-refractivity contribution in [2.24, 2.45) is 0 Å². The fourth-order valence-corrected chi connectivity index (χ4v) is 2.30. The molecule has 0 radical (unpaired) electrons. The molecule has 1 aliphatic rings. The van der Waals surface area contributed by atoms with E-state index >= 15 is 0 Å². The summed E-state index contributed by atoms with van der Waals surface area (Å²) in [6.45, 7) is 0.428. The van der Waals surface area contributed by atoms with Crippen LogP contribution in [-0.4, -0.2) is 63.9 Å². The largest absolute Gasteiger partial charge is 0.480 e. The lowest BCUT2D eigenvalue weighted by molar-refractivity contribution is -0.147. The third kappa shape index (κ3) is 3.02. The van der Waals surface area contributed by atoms with Gasteiger partial charge in [0.2, 0.25) is 0 Å². The quantitative estimate of drug-likeness (QED) is 0.650. The van der Waals surface area contributed by atoms with Gasteiger partial charge >= 0.3 is 5.97 Å². The molecule has 0 bridgehead atoms. The van der Waals surface area contributed by atoms with Gasteiger partial charge in [0.1, 0.15) is 0 Å². The Morgan fingerprint density at radius 2 is 2.35 bits per heavy atom. The molecule has 2 heterocycles. The average Bonchev–Trinajstić information content (AvgIpc) is 2.47. The normalized spacial score (nSPS) is 18.9. The molecular formula is C11H12ClN3O4S. The van der Waals surface area contributed by atoms with Gasteiger partial charge < -0.3 is 14.7 Å². The first-order valence-corrected chi connectivity index (χ1v) is 7.33. The number of thioether (sulfide) groups is 1. The van der Waals surface area contributed by atoms with Gasteiger partial charge in [-0.25, -0.2) is 14.8 Å². The molecule has 1 aromatic heterocycles. The number of ether oxygens (including phenoxy) is 1. The number of amides is 1. The number of halogens is 1. The summed E-state index contributed by atoms with van der Waals surface area (Å²) in [4.78, 5) is 32.8. The van der Waals surface area contributed by atoms with Crippen molar-refractivity contribution in [1.29, 1.82) is 0 Å². The molecule has 1 fully saturated rings. The maximum Gasteiger partial charge on any atom is 0.328 e. The molecule has 0 spiro atoms. The monoisotopic (exact) mass is 317 g/mol.